The van der Waals surface area contributed by atoms with Gasteiger partial charge < -0.3 is 10.2 Å². The maximum absolute atomic E-state index is 12.7. The highest BCUT2D eigenvalue weighted by atomic mass is 16.2. The second-order valence-corrected chi connectivity index (χ2v) is 8.20. The third kappa shape index (κ3) is 3.67. The van der Waals surface area contributed by atoms with Gasteiger partial charge in [-0.1, -0.05) is 32.1 Å². The predicted octanol–water partition coefficient (Wildman–Crippen LogP) is 2.67. The molecule has 1 saturated carbocycles. The Kier molecular flexibility index (Phi) is 5.35. The lowest BCUT2D eigenvalue weighted by molar-refractivity contribution is -0.139. The normalized spacial score (nSPS) is 24.3. The molecule has 4 amide bonds. The van der Waals surface area contributed by atoms with Crippen LogP contribution < -0.4 is 5.32 Å². The maximum Gasteiger partial charge on any atom is 0.325 e. The molecule has 0 radical (unpaired) electrons. The summed E-state index contributed by atoms with van der Waals surface area (Å²) >= 11 is 0. The Labute approximate surface area is 150 Å². The third-order valence-electron chi connectivity index (χ3n) is 6.17. The van der Waals surface area contributed by atoms with Gasteiger partial charge in [-0.15, -0.1) is 0 Å². The fourth-order valence-electron chi connectivity index (χ4n) is 4.55. The molecule has 0 atom stereocenters. The van der Waals surface area contributed by atoms with Crippen LogP contribution in [0.15, 0.2) is 0 Å². The number of carbonyl (C=O) groups excluding carboxylic acids is 3. The lowest BCUT2D eigenvalue weighted by atomic mass is 9.85. The Hall–Kier alpha value is -1.59. The zero-order chi connectivity index (χ0) is 18.0. The van der Waals surface area contributed by atoms with Crippen LogP contribution in [0, 0.1) is 5.92 Å². The van der Waals surface area contributed by atoms with Crippen molar-refractivity contribution in [2.75, 3.05) is 13.1 Å². The summed E-state index contributed by atoms with van der Waals surface area (Å²) in [6.45, 7) is 4.81. The standard InChI is InChI=1S/C19H31N3O3/c1-14(2)22-17(24)19(20-18(22)25)10-12-21(13-11-19)16(23)9-8-15-6-4-3-5-7-15/h14-15H,3-13H2,1-2H3,(H,20,25). The molecule has 2 aliphatic heterocycles. The molecule has 2 heterocycles. The lowest BCUT2D eigenvalue weighted by Gasteiger charge is -2.37. The van der Waals surface area contributed by atoms with Crippen LogP contribution in [0.3, 0.4) is 0 Å². The summed E-state index contributed by atoms with van der Waals surface area (Å²) in [5.74, 6) is 0.795. The molecule has 1 aliphatic carbocycles. The summed E-state index contributed by atoms with van der Waals surface area (Å²) in [4.78, 5) is 40.5. The van der Waals surface area contributed by atoms with E-state index in [9.17, 15) is 14.4 Å². The van der Waals surface area contributed by atoms with Crippen LogP contribution >= 0.6 is 0 Å². The van der Waals surface area contributed by atoms with E-state index in [0.717, 1.165) is 6.42 Å². The Morgan fingerprint density at radius 1 is 1.16 bits per heavy atom. The summed E-state index contributed by atoms with van der Waals surface area (Å²) < 4.78 is 0. The SMILES string of the molecule is CC(C)N1C(=O)NC2(CCN(C(=O)CCC3CCCCC3)CC2)C1=O. The van der Waals surface area contributed by atoms with Gasteiger partial charge in [-0.2, -0.15) is 0 Å². The van der Waals surface area contributed by atoms with Gasteiger partial charge in [-0.05, 0) is 39.0 Å². The van der Waals surface area contributed by atoms with E-state index in [0.29, 0.717) is 38.3 Å². The molecule has 3 aliphatic rings. The number of urea groups is 1. The van der Waals surface area contributed by atoms with E-state index in [1.165, 1.54) is 37.0 Å². The summed E-state index contributed by atoms with van der Waals surface area (Å²) in [7, 11) is 0. The zero-order valence-electron chi connectivity index (χ0n) is 15.6. The molecule has 2 saturated heterocycles. The Bertz CT molecular complexity index is 532. The minimum absolute atomic E-state index is 0.123. The van der Waals surface area contributed by atoms with Crippen molar-refractivity contribution >= 4 is 17.8 Å². The molecule has 0 aromatic heterocycles. The van der Waals surface area contributed by atoms with Gasteiger partial charge in [0.05, 0.1) is 0 Å². The molecule has 1 spiro atoms. The average Bonchev–Trinajstić information content (AvgIpc) is 2.84. The first-order chi connectivity index (χ1) is 11.9. The first kappa shape index (κ1) is 18.2. The van der Waals surface area contributed by atoms with Crippen molar-refractivity contribution in [1.29, 1.82) is 0 Å². The van der Waals surface area contributed by atoms with Gasteiger partial charge in [0, 0.05) is 25.6 Å². The highest BCUT2D eigenvalue weighted by molar-refractivity contribution is 6.07. The van der Waals surface area contributed by atoms with E-state index in [1.807, 2.05) is 18.7 Å². The number of nitrogens with one attached hydrogen (secondary N) is 1. The molecule has 6 nitrogen and oxygen atoms in total. The Morgan fingerprint density at radius 2 is 1.80 bits per heavy atom. The van der Waals surface area contributed by atoms with Gasteiger partial charge >= 0.3 is 6.03 Å². The van der Waals surface area contributed by atoms with Gasteiger partial charge in [-0.3, -0.25) is 14.5 Å². The van der Waals surface area contributed by atoms with Gasteiger partial charge in [0.1, 0.15) is 5.54 Å². The second kappa shape index (κ2) is 7.34. The summed E-state index contributed by atoms with van der Waals surface area (Å²) in [6.07, 6.45) is 9.15. The fraction of sp³-hybridized carbons (Fsp3) is 0.842. The number of likely N-dealkylation sites (tertiary alicyclic amines) is 1. The predicted molar refractivity (Wildman–Crippen MR) is 94.9 cm³/mol. The monoisotopic (exact) mass is 349 g/mol. The van der Waals surface area contributed by atoms with Crippen LogP contribution in [0.5, 0.6) is 0 Å². The molecule has 0 unspecified atom stereocenters. The molecule has 140 valence electrons. The smallest absolute Gasteiger partial charge is 0.325 e. The van der Waals surface area contributed by atoms with E-state index >= 15 is 0 Å². The van der Waals surface area contributed by atoms with Crippen molar-refractivity contribution in [3.8, 4) is 0 Å². The fourth-order valence-corrected chi connectivity index (χ4v) is 4.55. The molecule has 25 heavy (non-hydrogen) atoms. The molecular weight excluding hydrogens is 318 g/mol. The van der Waals surface area contributed by atoms with E-state index in [2.05, 4.69) is 5.32 Å². The summed E-state index contributed by atoms with van der Waals surface area (Å²) in [5, 5.41) is 2.89. The van der Waals surface area contributed by atoms with E-state index < -0.39 is 5.54 Å². The topological polar surface area (TPSA) is 69.7 Å². The van der Waals surface area contributed by atoms with Gasteiger partial charge in [-0.25, -0.2) is 4.79 Å². The van der Waals surface area contributed by atoms with E-state index in [4.69, 9.17) is 0 Å². The minimum atomic E-state index is -0.790. The Morgan fingerprint density at radius 3 is 2.36 bits per heavy atom. The number of amides is 4. The van der Waals surface area contributed by atoms with Crippen LogP contribution in [0.25, 0.3) is 0 Å². The van der Waals surface area contributed by atoms with Crippen LogP contribution in [0.4, 0.5) is 4.79 Å². The maximum atomic E-state index is 12.7. The zero-order valence-corrected chi connectivity index (χ0v) is 15.6. The minimum Gasteiger partial charge on any atom is -0.342 e. The largest absolute Gasteiger partial charge is 0.342 e. The van der Waals surface area contributed by atoms with Crippen molar-refractivity contribution in [2.45, 2.75) is 83.2 Å². The molecule has 0 bridgehead atoms. The molecule has 3 rings (SSSR count). The van der Waals surface area contributed by atoms with Crippen molar-refractivity contribution in [3.63, 3.8) is 0 Å². The van der Waals surface area contributed by atoms with E-state index in [-0.39, 0.29) is 23.9 Å². The average molecular weight is 349 g/mol. The van der Waals surface area contributed by atoms with Crippen LogP contribution in [0.1, 0.15) is 71.6 Å². The molecule has 3 fully saturated rings. The van der Waals surface area contributed by atoms with Gasteiger partial charge in [0.2, 0.25) is 5.91 Å². The quantitative estimate of drug-likeness (QED) is 0.793. The number of piperidine rings is 1. The third-order valence-corrected chi connectivity index (χ3v) is 6.17. The number of carbonyl (C=O) groups is 3. The van der Waals surface area contributed by atoms with Crippen LogP contribution in [-0.2, 0) is 9.59 Å². The van der Waals surface area contributed by atoms with Crippen molar-refractivity contribution in [3.05, 3.63) is 0 Å². The van der Waals surface area contributed by atoms with Gasteiger partial charge in [0.25, 0.3) is 5.91 Å². The Balaban J connectivity index is 1.50. The molecule has 1 N–H and O–H groups in total. The lowest BCUT2D eigenvalue weighted by Crippen LogP contribution is -2.56. The highest BCUT2D eigenvalue weighted by Crippen LogP contribution is 2.32. The highest BCUT2D eigenvalue weighted by Gasteiger charge is 2.53. The first-order valence-corrected chi connectivity index (χ1v) is 9.86. The number of imide groups is 1. The number of nitrogens with zero attached hydrogens (tertiary/aromatic N) is 2. The number of hydrogen-bond donors (Lipinski definition) is 1. The van der Waals surface area contributed by atoms with E-state index in [1.54, 1.807) is 0 Å². The first-order valence-electron chi connectivity index (χ1n) is 9.86. The van der Waals surface area contributed by atoms with Crippen LogP contribution in [0.2, 0.25) is 0 Å². The van der Waals surface area contributed by atoms with Gasteiger partial charge in [0.15, 0.2) is 0 Å². The molecule has 0 aromatic carbocycles. The van der Waals surface area contributed by atoms with Crippen molar-refractivity contribution in [2.24, 2.45) is 5.92 Å². The van der Waals surface area contributed by atoms with Crippen molar-refractivity contribution in [1.82, 2.24) is 15.1 Å². The molecule has 0 aromatic rings. The second-order valence-electron chi connectivity index (χ2n) is 8.20. The summed E-state index contributed by atoms with van der Waals surface area (Å²) in [6, 6.07) is -0.431. The van der Waals surface area contributed by atoms with Crippen molar-refractivity contribution < 1.29 is 14.4 Å². The molecule has 6 heteroatoms. The molecular formula is C19H31N3O3. The number of rotatable bonds is 4. The number of hydrogen-bond acceptors (Lipinski definition) is 3. The summed E-state index contributed by atoms with van der Waals surface area (Å²) in [5.41, 5.74) is -0.790. The van der Waals surface area contributed by atoms with Crippen LogP contribution in [-0.4, -0.2) is 52.3 Å².